The van der Waals surface area contributed by atoms with E-state index in [2.05, 4.69) is 0 Å². The van der Waals surface area contributed by atoms with Gasteiger partial charge in [0.1, 0.15) is 0 Å². The van der Waals surface area contributed by atoms with Crippen LogP contribution in [0.15, 0.2) is 24.3 Å². The number of rotatable bonds is 5. The van der Waals surface area contributed by atoms with Gasteiger partial charge in [-0.3, -0.25) is 0 Å². The highest BCUT2D eigenvalue weighted by molar-refractivity contribution is 5.32. The Hall–Kier alpha value is -1.07. The third-order valence-electron chi connectivity index (χ3n) is 2.80. The highest BCUT2D eigenvalue weighted by Gasteiger charge is 2.34. The van der Waals surface area contributed by atoms with Gasteiger partial charge in [0.2, 0.25) is 0 Å². The molecule has 0 heterocycles. The molecule has 0 amide bonds. The van der Waals surface area contributed by atoms with Crippen molar-refractivity contribution >= 4 is 0 Å². The second-order valence-corrected chi connectivity index (χ2v) is 4.24. The molecule has 0 saturated carbocycles. The fourth-order valence-corrected chi connectivity index (χ4v) is 1.55. The summed E-state index contributed by atoms with van der Waals surface area (Å²) in [4.78, 5) is 0. The molecule has 5 heteroatoms. The van der Waals surface area contributed by atoms with Crippen LogP contribution in [-0.2, 0) is 10.9 Å². The lowest BCUT2D eigenvalue weighted by Crippen LogP contribution is -2.23. The predicted octanol–water partition coefficient (Wildman–Crippen LogP) is 3.52. The lowest BCUT2D eigenvalue weighted by Gasteiger charge is -2.20. The second-order valence-electron chi connectivity index (χ2n) is 4.24. The summed E-state index contributed by atoms with van der Waals surface area (Å²) in [5.74, 6) is 0. The van der Waals surface area contributed by atoms with Crippen molar-refractivity contribution in [2.24, 2.45) is 5.73 Å². The first-order valence-electron chi connectivity index (χ1n) is 5.89. The van der Waals surface area contributed by atoms with Gasteiger partial charge in [-0.2, -0.15) is 13.2 Å². The molecule has 2 N–H and O–H groups in total. The van der Waals surface area contributed by atoms with E-state index in [1.165, 1.54) is 12.1 Å². The first kappa shape index (κ1) is 15.0. The zero-order chi connectivity index (χ0) is 13.8. The summed E-state index contributed by atoms with van der Waals surface area (Å²) in [7, 11) is 0. The zero-order valence-electron chi connectivity index (χ0n) is 10.5. The van der Waals surface area contributed by atoms with Gasteiger partial charge in [-0.05, 0) is 25.0 Å². The Bertz CT molecular complexity index is 379. The van der Waals surface area contributed by atoms with Crippen LogP contribution in [0.25, 0.3) is 0 Å². The number of halogens is 3. The number of hydrogen-bond donors (Lipinski definition) is 1. The molecular formula is C13H18F3NO. The number of hydrogen-bond acceptors (Lipinski definition) is 2. The Morgan fingerprint density at radius 2 is 1.89 bits per heavy atom. The first-order valence-corrected chi connectivity index (χ1v) is 5.89. The van der Waals surface area contributed by atoms with E-state index in [-0.39, 0.29) is 18.3 Å². The summed E-state index contributed by atoms with van der Waals surface area (Å²) in [6, 6.07) is 4.57. The molecule has 2 unspecified atom stereocenters. The van der Waals surface area contributed by atoms with Crippen LogP contribution in [0, 0.1) is 0 Å². The maximum Gasteiger partial charge on any atom is 0.416 e. The van der Waals surface area contributed by atoms with Crippen molar-refractivity contribution in [2.75, 3.05) is 6.61 Å². The molecule has 1 rings (SSSR count). The van der Waals surface area contributed by atoms with Gasteiger partial charge in [-0.1, -0.05) is 25.1 Å². The third-order valence-corrected chi connectivity index (χ3v) is 2.80. The molecule has 102 valence electrons. The lowest BCUT2D eigenvalue weighted by molar-refractivity contribution is -0.138. The highest BCUT2D eigenvalue weighted by Crippen LogP contribution is 2.34. The van der Waals surface area contributed by atoms with Gasteiger partial charge in [0.05, 0.1) is 24.3 Å². The standard InChI is InChI=1S/C13H18F3NO/c1-3-9(2)18-8-12(17)10-6-4-5-7-11(10)13(14,15)16/h4-7,9,12H,3,8,17H2,1-2H3. The molecular weight excluding hydrogens is 243 g/mol. The summed E-state index contributed by atoms with van der Waals surface area (Å²) in [6.07, 6.45) is -3.59. The van der Waals surface area contributed by atoms with Gasteiger partial charge < -0.3 is 10.5 Å². The third kappa shape index (κ3) is 3.99. The normalized spacial score (nSPS) is 15.4. The summed E-state index contributed by atoms with van der Waals surface area (Å²) in [6.45, 7) is 3.89. The van der Waals surface area contributed by atoms with Crippen molar-refractivity contribution in [3.05, 3.63) is 35.4 Å². The van der Waals surface area contributed by atoms with Crippen LogP contribution in [0.1, 0.15) is 37.4 Å². The molecule has 0 saturated heterocycles. The Balaban J connectivity index is 2.82. The molecule has 1 aromatic rings. The van der Waals surface area contributed by atoms with Crippen LogP contribution in [-0.4, -0.2) is 12.7 Å². The molecule has 0 aliphatic rings. The maximum absolute atomic E-state index is 12.8. The minimum absolute atomic E-state index is 0.00546. The van der Waals surface area contributed by atoms with E-state index < -0.39 is 17.8 Å². The van der Waals surface area contributed by atoms with Gasteiger partial charge in [-0.15, -0.1) is 0 Å². The Morgan fingerprint density at radius 3 is 2.44 bits per heavy atom. The van der Waals surface area contributed by atoms with Gasteiger partial charge >= 0.3 is 6.18 Å². The SMILES string of the molecule is CCC(C)OCC(N)c1ccccc1C(F)(F)F. The first-order chi connectivity index (χ1) is 8.36. The van der Waals surface area contributed by atoms with Crippen molar-refractivity contribution in [1.29, 1.82) is 0 Å². The molecule has 18 heavy (non-hydrogen) atoms. The van der Waals surface area contributed by atoms with Crippen molar-refractivity contribution in [3.63, 3.8) is 0 Å². The molecule has 0 aliphatic carbocycles. The summed E-state index contributed by atoms with van der Waals surface area (Å²) >= 11 is 0. The minimum atomic E-state index is -4.38. The van der Waals surface area contributed by atoms with Crippen molar-refractivity contribution < 1.29 is 17.9 Å². The molecule has 1 aromatic carbocycles. The van der Waals surface area contributed by atoms with Crippen LogP contribution in [0.4, 0.5) is 13.2 Å². The van der Waals surface area contributed by atoms with Crippen LogP contribution in [0.5, 0.6) is 0 Å². The van der Waals surface area contributed by atoms with E-state index in [1.807, 2.05) is 13.8 Å². The zero-order valence-corrected chi connectivity index (χ0v) is 10.5. The summed E-state index contributed by atoms with van der Waals surface area (Å²) < 4.78 is 43.7. The summed E-state index contributed by atoms with van der Waals surface area (Å²) in [5, 5.41) is 0. The number of ether oxygens (including phenoxy) is 1. The summed E-state index contributed by atoms with van der Waals surface area (Å²) in [5.41, 5.74) is 5.16. The van der Waals surface area contributed by atoms with Gasteiger partial charge in [-0.25, -0.2) is 0 Å². The van der Waals surface area contributed by atoms with Gasteiger partial charge in [0.25, 0.3) is 0 Å². The molecule has 0 aliphatic heterocycles. The molecule has 0 radical (unpaired) electrons. The predicted molar refractivity (Wildman–Crippen MR) is 64.1 cm³/mol. The topological polar surface area (TPSA) is 35.2 Å². The van der Waals surface area contributed by atoms with Crippen LogP contribution in [0.2, 0.25) is 0 Å². The molecule has 0 bridgehead atoms. The molecule has 0 fully saturated rings. The average Bonchev–Trinajstić information content (AvgIpc) is 2.34. The second kappa shape index (κ2) is 6.20. The number of nitrogens with two attached hydrogens (primary N) is 1. The molecule has 2 atom stereocenters. The monoisotopic (exact) mass is 261 g/mol. The molecule has 0 aromatic heterocycles. The lowest BCUT2D eigenvalue weighted by atomic mass is 10.0. The number of alkyl halides is 3. The number of benzene rings is 1. The van der Waals surface area contributed by atoms with Crippen LogP contribution >= 0.6 is 0 Å². The Morgan fingerprint density at radius 1 is 1.28 bits per heavy atom. The van der Waals surface area contributed by atoms with E-state index in [1.54, 1.807) is 6.07 Å². The van der Waals surface area contributed by atoms with Crippen molar-refractivity contribution in [2.45, 2.75) is 38.6 Å². The van der Waals surface area contributed by atoms with Crippen molar-refractivity contribution in [3.8, 4) is 0 Å². The fourth-order valence-electron chi connectivity index (χ4n) is 1.55. The van der Waals surface area contributed by atoms with E-state index >= 15 is 0 Å². The van der Waals surface area contributed by atoms with E-state index in [0.29, 0.717) is 0 Å². The van der Waals surface area contributed by atoms with Gasteiger partial charge in [0, 0.05) is 0 Å². The van der Waals surface area contributed by atoms with E-state index in [0.717, 1.165) is 12.5 Å². The minimum Gasteiger partial charge on any atom is -0.377 e. The quantitative estimate of drug-likeness (QED) is 0.880. The highest BCUT2D eigenvalue weighted by atomic mass is 19.4. The van der Waals surface area contributed by atoms with Crippen molar-refractivity contribution in [1.82, 2.24) is 0 Å². The van der Waals surface area contributed by atoms with Crippen LogP contribution in [0.3, 0.4) is 0 Å². The van der Waals surface area contributed by atoms with E-state index in [4.69, 9.17) is 10.5 Å². The average molecular weight is 261 g/mol. The smallest absolute Gasteiger partial charge is 0.377 e. The molecule has 0 spiro atoms. The largest absolute Gasteiger partial charge is 0.416 e. The van der Waals surface area contributed by atoms with Crippen LogP contribution < -0.4 is 5.73 Å². The van der Waals surface area contributed by atoms with Gasteiger partial charge in [0.15, 0.2) is 0 Å². The van der Waals surface area contributed by atoms with E-state index in [9.17, 15) is 13.2 Å². The molecule has 2 nitrogen and oxygen atoms in total. The Kier molecular flexibility index (Phi) is 5.16. The maximum atomic E-state index is 12.8. The fraction of sp³-hybridized carbons (Fsp3) is 0.538. The Labute approximate surface area is 105 Å².